The average Bonchev–Trinajstić information content (AvgIpc) is 3.01. The average molecular weight is 441 g/mol. The molecule has 10 heteroatoms. The van der Waals surface area contributed by atoms with Gasteiger partial charge >= 0.3 is 12.1 Å². The summed E-state index contributed by atoms with van der Waals surface area (Å²) in [6.07, 6.45) is 4.00. The van der Waals surface area contributed by atoms with E-state index in [9.17, 15) is 22.8 Å². The summed E-state index contributed by atoms with van der Waals surface area (Å²) in [6, 6.07) is 3.91. The van der Waals surface area contributed by atoms with Crippen molar-refractivity contribution in [1.29, 1.82) is 0 Å². The van der Waals surface area contributed by atoms with Crippen molar-refractivity contribution >= 4 is 17.8 Å². The van der Waals surface area contributed by atoms with Crippen LogP contribution in [0.15, 0.2) is 37.2 Å². The summed E-state index contributed by atoms with van der Waals surface area (Å²) in [4.78, 5) is 41.5. The molecule has 1 N–H and O–H groups in total. The lowest BCUT2D eigenvalue weighted by molar-refractivity contribution is -0.192. The van der Waals surface area contributed by atoms with E-state index in [2.05, 4.69) is 11.6 Å². The van der Waals surface area contributed by atoms with Crippen molar-refractivity contribution in [1.82, 2.24) is 14.8 Å². The van der Waals surface area contributed by atoms with Crippen LogP contribution in [0.5, 0.6) is 0 Å². The Kier molecular flexibility index (Phi) is 8.18. The molecule has 3 rings (SSSR count). The Bertz CT molecular complexity index is 791. The first-order valence-corrected chi connectivity index (χ1v) is 9.92. The summed E-state index contributed by atoms with van der Waals surface area (Å²) >= 11 is 0. The Morgan fingerprint density at radius 3 is 2.45 bits per heavy atom. The van der Waals surface area contributed by atoms with Crippen LogP contribution in [-0.4, -0.2) is 63.5 Å². The van der Waals surface area contributed by atoms with E-state index in [4.69, 9.17) is 9.90 Å². The monoisotopic (exact) mass is 441 g/mol. The SMILES string of the molecule is C=CCCC(=O)N1CCC2(CC1)CC(=O)N(Cc1cccnc1)C2.O=C(O)C(F)(F)F. The number of likely N-dealkylation sites (tertiary alicyclic amines) is 2. The molecule has 0 saturated carbocycles. The molecule has 1 aromatic heterocycles. The van der Waals surface area contributed by atoms with Gasteiger partial charge in [-0.05, 0) is 30.9 Å². The third kappa shape index (κ3) is 7.08. The van der Waals surface area contributed by atoms with Crippen LogP contribution in [0.25, 0.3) is 0 Å². The van der Waals surface area contributed by atoms with Crippen LogP contribution < -0.4 is 0 Å². The summed E-state index contributed by atoms with van der Waals surface area (Å²) in [5.41, 5.74) is 1.12. The molecule has 0 aromatic carbocycles. The molecule has 2 amide bonds. The molecule has 0 unspecified atom stereocenters. The molecule has 2 aliphatic rings. The standard InChI is InChI=1S/C19H25N3O2.C2HF3O2/c1-2-3-6-17(23)21-10-7-19(8-11-21)12-18(24)22(15-19)14-16-5-4-9-20-13-16;3-2(4,5)1(6)7/h2,4-5,9,13H,1,3,6-8,10-12,14-15H2;(H,6,7). The molecule has 0 atom stereocenters. The lowest BCUT2D eigenvalue weighted by atomic mass is 9.77. The largest absolute Gasteiger partial charge is 0.490 e. The van der Waals surface area contributed by atoms with Crippen LogP contribution in [0.2, 0.25) is 0 Å². The first kappa shape index (κ1) is 24.4. The van der Waals surface area contributed by atoms with Gasteiger partial charge in [0.15, 0.2) is 0 Å². The number of piperidine rings is 1. The van der Waals surface area contributed by atoms with Crippen molar-refractivity contribution in [2.45, 2.75) is 44.8 Å². The Hall–Kier alpha value is -2.91. The Balaban J connectivity index is 0.000000423. The van der Waals surface area contributed by atoms with E-state index < -0.39 is 12.1 Å². The summed E-state index contributed by atoms with van der Waals surface area (Å²) < 4.78 is 31.7. The number of amides is 2. The molecule has 0 bridgehead atoms. The lowest BCUT2D eigenvalue weighted by Gasteiger charge is -2.38. The van der Waals surface area contributed by atoms with Crippen molar-refractivity contribution < 1.29 is 32.7 Å². The molecule has 0 radical (unpaired) electrons. The van der Waals surface area contributed by atoms with Gasteiger partial charge < -0.3 is 14.9 Å². The van der Waals surface area contributed by atoms with Crippen LogP contribution in [-0.2, 0) is 20.9 Å². The molecule has 0 aliphatic carbocycles. The molecule has 1 spiro atoms. The first-order valence-electron chi connectivity index (χ1n) is 9.92. The van der Waals surface area contributed by atoms with E-state index in [0.29, 0.717) is 19.4 Å². The quantitative estimate of drug-likeness (QED) is 0.710. The number of hydrogen-bond donors (Lipinski definition) is 1. The molecular formula is C21H26F3N3O4. The highest BCUT2D eigenvalue weighted by Crippen LogP contribution is 2.41. The topological polar surface area (TPSA) is 90.8 Å². The van der Waals surface area contributed by atoms with Gasteiger partial charge in [-0.2, -0.15) is 13.2 Å². The van der Waals surface area contributed by atoms with E-state index in [1.54, 1.807) is 12.3 Å². The minimum Gasteiger partial charge on any atom is -0.475 e. The number of hydrogen-bond acceptors (Lipinski definition) is 4. The Morgan fingerprint density at radius 1 is 1.29 bits per heavy atom. The zero-order valence-corrected chi connectivity index (χ0v) is 17.1. The van der Waals surface area contributed by atoms with Crippen molar-refractivity contribution in [2.75, 3.05) is 19.6 Å². The Labute approximate surface area is 178 Å². The molecule has 3 heterocycles. The number of alkyl halides is 3. The minimum atomic E-state index is -5.08. The van der Waals surface area contributed by atoms with Gasteiger partial charge in [0.1, 0.15) is 0 Å². The minimum absolute atomic E-state index is 0.0501. The third-order valence-electron chi connectivity index (χ3n) is 5.48. The van der Waals surface area contributed by atoms with Gasteiger partial charge in [-0.1, -0.05) is 12.1 Å². The smallest absolute Gasteiger partial charge is 0.475 e. The zero-order valence-electron chi connectivity index (χ0n) is 17.1. The number of halogens is 3. The maximum atomic E-state index is 12.4. The number of aromatic nitrogens is 1. The second kappa shape index (κ2) is 10.4. The van der Waals surface area contributed by atoms with Crippen molar-refractivity contribution in [3.05, 3.63) is 42.7 Å². The predicted molar refractivity (Wildman–Crippen MR) is 106 cm³/mol. The summed E-state index contributed by atoms with van der Waals surface area (Å²) in [6.45, 7) is 6.64. The van der Waals surface area contributed by atoms with E-state index in [-0.39, 0.29) is 17.2 Å². The highest BCUT2D eigenvalue weighted by Gasteiger charge is 2.45. The second-order valence-corrected chi connectivity index (χ2v) is 7.80. The molecule has 1 aromatic rings. The van der Waals surface area contributed by atoms with Gasteiger partial charge in [0, 0.05) is 56.8 Å². The van der Waals surface area contributed by atoms with Crippen molar-refractivity contribution in [3.63, 3.8) is 0 Å². The fourth-order valence-corrected chi connectivity index (χ4v) is 3.79. The molecular weight excluding hydrogens is 415 g/mol. The number of carboxylic acid groups (broad SMARTS) is 1. The number of carboxylic acids is 1. The second-order valence-electron chi connectivity index (χ2n) is 7.80. The summed E-state index contributed by atoms with van der Waals surface area (Å²) in [7, 11) is 0. The molecule has 31 heavy (non-hydrogen) atoms. The first-order chi connectivity index (χ1) is 14.6. The maximum Gasteiger partial charge on any atom is 0.490 e. The van der Waals surface area contributed by atoms with Crippen LogP contribution in [0.3, 0.4) is 0 Å². The van der Waals surface area contributed by atoms with Crippen molar-refractivity contribution in [3.8, 4) is 0 Å². The lowest BCUT2D eigenvalue weighted by Crippen LogP contribution is -2.44. The van der Waals surface area contributed by atoms with E-state index >= 15 is 0 Å². The van der Waals surface area contributed by atoms with E-state index in [1.807, 2.05) is 28.1 Å². The molecule has 2 fully saturated rings. The third-order valence-corrected chi connectivity index (χ3v) is 5.48. The maximum absolute atomic E-state index is 12.4. The van der Waals surface area contributed by atoms with Crippen LogP contribution in [0.4, 0.5) is 13.2 Å². The predicted octanol–water partition coefficient (Wildman–Crippen LogP) is 3.02. The number of rotatable bonds is 5. The normalized spacial score (nSPS) is 17.8. The number of allylic oxidation sites excluding steroid dienone is 1. The molecule has 170 valence electrons. The fraction of sp³-hybridized carbons (Fsp3) is 0.524. The van der Waals surface area contributed by atoms with E-state index in [0.717, 1.165) is 44.5 Å². The molecule has 2 saturated heterocycles. The molecule has 2 aliphatic heterocycles. The van der Waals surface area contributed by atoms with Crippen molar-refractivity contribution in [2.24, 2.45) is 5.41 Å². The van der Waals surface area contributed by atoms with Crippen LogP contribution in [0, 0.1) is 5.41 Å². The van der Waals surface area contributed by atoms with Crippen LogP contribution >= 0.6 is 0 Å². The zero-order chi connectivity index (χ0) is 23.1. The molecule has 7 nitrogen and oxygen atoms in total. The number of carbonyl (C=O) groups is 3. The summed E-state index contributed by atoms with van der Waals surface area (Å²) in [5, 5.41) is 7.12. The van der Waals surface area contributed by atoms with Crippen LogP contribution in [0.1, 0.15) is 37.7 Å². The number of pyridine rings is 1. The van der Waals surface area contributed by atoms with Gasteiger partial charge in [0.2, 0.25) is 11.8 Å². The van der Waals surface area contributed by atoms with E-state index in [1.165, 1.54) is 0 Å². The van der Waals surface area contributed by atoms with Gasteiger partial charge in [-0.25, -0.2) is 4.79 Å². The fourth-order valence-electron chi connectivity index (χ4n) is 3.79. The highest BCUT2D eigenvalue weighted by molar-refractivity contribution is 5.80. The highest BCUT2D eigenvalue weighted by atomic mass is 19.4. The number of carbonyl (C=O) groups excluding carboxylic acids is 2. The van der Waals surface area contributed by atoms with Gasteiger partial charge in [0.05, 0.1) is 0 Å². The summed E-state index contributed by atoms with van der Waals surface area (Å²) in [5.74, 6) is -2.32. The number of nitrogens with zero attached hydrogens (tertiary/aromatic N) is 3. The Morgan fingerprint density at radius 2 is 1.94 bits per heavy atom. The van der Waals surface area contributed by atoms with Gasteiger partial charge in [0.25, 0.3) is 0 Å². The number of aliphatic carboxylic acids is 1. The van der Waals surface area contributed by atoms with Gasteiger partial charge in [-0.15, -0.1) is 6.58 Å². The van der Waals surface area contributed by atoms with Gasteiger partial charge in [-0.3, -0.25) is 14.6 Å².